The number of amides is 4. The molecule has 2 saturated heterocycles. The molecule has 0 bridgehead atoms. The van der Waals surface area contributed by atoms with E-state index < -0.39 is 121 Å². The molecule has 2 unspecified atom stereocenters. The van der Waals surface area contributed by atoms with Crippen LogP contribution in [-0.2, 0) is 107 Å². The zero-order valence-electron chi connectivity index (χ0n) is 45.4. The number of hydrogen-bond acceptors (Lipinski definition) is 16. The third-order valence-electron chi connectivity index (χ3n) is 9.80. The summed E-state index contributed by atoms with van der Waals surface area (Å²) in [6.45, 7) is 22.2. The number of halogens is 24. The zero-order chi connectivity index (χ0) is 69.2. The van der Waals surface area contributed by atoms with Crippen molar-refractivity contribution in [2.45, 2.75) is 165 Å². The van der Waals surface area contributed by atoms with Crippen LogP contribution in [0.4, 0.5) is 105 Å². The summed E-state index contributed by atoms with van der Waals surface area (Å²) in [5, 5.41) is 84.6. The maximum absolute atomic E-state index is 12.4. The molecule has 0 aromatic carbocycles. The summed E-state index contributed by atoms with van der Waals surface area (Å²) in [5.74, 6) is -27.7. The minimum absolute atomic E-state index is 0. The van der Waals surface area contributed by atoms with E-state index in [-0.39, 0.29) is 68.3 Å². The number of carboxylic acid groups (broad SMARTS) is 2. The second-order valence-electron chi connectivity index (χ2n) is 15.8. The standard InChI is InChI=1S/2C8H4F9O4.4C5H11NO.2C2HF3O2.4Cu/c2*9-6(10,11)3(18)1-4(19,7(12,13)14)21-5(20,2-3)8(15,16)17;4*1-3-6(4-2)5-7;2*3-2(4,5)1(6)7;;;;/h2*1-2H2;4*5H,3-4H2,1-2H3;2*(H,6,7);;;;/q2*-3;;;;;;;4*+2/p-2/t2*3?,4-,5+;;;;;;;;;;. The molecule has 2 aliphatic rings. The molecule has 0 aromatic rings. The molecule has 540 valence electrons. The van der Waals surface area contributed by atoms with E-state index in [9.17, 15) is 155 Å². The largest absolute Gasteiger partial charge is 2.00 e. The fourth-order valence-corrected chi connectivity index (χ4v) is 4.83. The Morgan fingerprint density at radius 1 is 0.330 bits per heavy atom. The second kappa shape index (κ2) is 42.2. The van der Waals surface area contributed by atoms with E-state index in [1.54, 1.807) is 19.6 Å². The summed E-state index contributed by atoms with van der Waals surface area (Å²) in [6, 6.07) is 0. The normalized spacial score (nSPS) is 23.2. The van der Waals surface area contributed by atoms with Crippen molar-refractivity contribution in [3.8, 4) is 0 Å². The van der Waals surface area contributed by atoms with Crippen molar-refractivity contribution in [1.29, 1.82) is 0 Å². The van der Waals surface area contributed by atoms with Gasteiger partial charge in [-0.2, -0.15) is 105 Å². The molecule has 2 heterocycles. The van der Waals surface area contributed by atoms with Crippen LogP contribution in [0.25, 0.3) is 0 Å². The third kappa shape index (κ3) is 36.8. The molecule has 4 radical (unpaired) electrons. The molecule has 6 atom stereocenters. The zero-order valence-corrected chi connectivity index (χ0v) is 49.2. The van der Waals surface area contributed by atoms with Crippen molar-refractivity contribution < 1.29 is 253 Å². The summed E-state index contributed by atoms with van der Waals surface area (Å²) in [7, 11) is 0. The number of carbonyl (C=O) groups is 6. The number of rotatable bonds is 12. The minimum Gasteiger partial charge on any atom is -0.843 e. The number of carbonyl (C=O) groups excluding carboxylic acids is 6. The van der Waals surface area contributed by atoms with E-state index in [2.05, 4.69) is 9.47 Å². The Bertz CT molecular complexity index is 1640. The molecule has 48 heteroatoms. The summed E-state index contributed by atoms with van der Waals surface area (Å²) < 4.78 is 291. The number of alkyl halides is 24. The fourth-order valence-electron chi connectivity index (χ4n) is 4.83. The molecule has 0 saturated carbocycles. The van der Waals surface area contributed by atoms with Gasteiger partial charge in [0.2, 0.25) is 25.6 Å². The molecule has 0 aliphatic carbocycles. The Morgan fingerprint density at radius 3 is 0.489 bits per heavy atom. The molecule has 0 spiro atoms. The molecular weight excluding hydrogens is 1500 g/mol. The van der Waals surface area contributed by atoms with Crippen molar-refractivity contribution in [2.24, 2.45) is 0 Å². The first-order valence-electron chi connectivity index (χ1n) is 22.4. The quantitative estimate of drug-likeness (QED) is 0.140. The van der Waals surface area contributed by atoms with Crippen LogP contribution in [0.5, 0.6) is 0 Å². The number of nitrogens with zero attached hydrogens (tertiary/aromatic N) is 4. The number of aliphatic carboxylic acids is 2. The van der Waals surface area contributed by atoms with Gasteiger partial charge in [-0.25, -0.2) is 0 Å². The average Bonchev–Trinajstić information content (AvgIpc) is 3.29. The van der Waals surface area contributed by atoms with Crippen molar-refractivity contribution >= 4 is 37.6 Å². The van der Waals surface area contributed by atoms with Gasteiger partial charge in [0.15, 0.2) is 0 Å². The van der Waals surface area contributed by atoms with Crippen LogP contribution in [0.1, 0.15) is 81.1 Å². The number of carboxylic acids is 2. The summed E-state index contributed by atoms with van der Waals surface area (Å²) in [6.07, 6.45) is -56.4. The molecule has 0 aromatic heterocycles. The molecule has 0 N–H and O–H groups in total. The van der Waals surface area contributed by atoms with Crippen molar-refractivity contribution in [2.75, 3.05) is 52.4 Å². The van der Waals surface area contributed by atoms with E-state index in [1.807, 2.05) is 55.4 Å². The van der Waals surface area contributed by atoms with Gasteiger partial charge in [0, 0.05) is 52.4 Å². The van der Waals surface area contributed by atoms with Gasteiger partial charge in [-0.15, -0.1) is 0 Å². The third-order valence-corrected chi connectivity index (χ3v) is 9.80. The van der Waals surface area contributed by atoms with E-state index in [1.165, 1.54) is 0 Å². The SMILES string of the molecule is CCN(C=O)CC.CCN(C=O)CC.CCN(C=O)CC.CCN(C=O)CC.O=C([O-])C(F)(F)F.O=C([O-])C(F)(F)F.[Cu+2].[Cu+2].[Cu+2].[Cu+2].[O-]C1(C(F)(F)F)C[C@]([O-])(C(F)(F)F)O[C@]([O-])(C(F)(F)F)C1.[O-]C1(C(F)(F)F)C[C@]([O-])(C(F)(F)F)O[C@]([O-])(C(F)(F)F)C1. The minimum atomic E-state index is -6.32. The van der Waals surface area contributed by atoms with Gasteiger partial charge >= 0.3 is 118 Å². The molecule has 20 nitrogen and oxygen atoms in total. The van der Waals surface area contributed by atoms with Crippen LogP contribution in [0.2, 0.25) is 0 Å². The van der Waals surface area contributed by atoms with Crippen molar-refractivity contribution in [1.82, 2.24) is 19.6 Å². The predicted octanol–water partition coefficient (Wildman–Crippen LogP) is -0.0824. The Balaban J connectivity index is -0.000000104. The van der Waals surface area contributed by atoms with E-state index in [4.69, 9.17) is 19.8 Å². The molecule has 2 aliphatic heterocycles. The smallest absolute Gasteiger partial charge is 0.843 e. The summed E-state index contributed by atoms with van der Waals surface area (Å²) in [5.41, 5.74) is -10.1. The maximum Gasteiger partial charge on any atom is 2.00 e. The van der Waals surface area contributed by atoms with Crippen LogP contribution in [-0.4, -0.2) is 193 Å². The van der Waals surface area contributed by atoms with Crippen LogP contribution in [0.15, 0.2) is 0 Å². The van der Waals surface area contributed by atoms with Crippen LogP contribution in [0.3, 0.4) is 0 Å². The molecular formula is C40H52Cu4F24N4O16. The Kier molecular flexibility index (Phi) is 51.1. The van der Waals surface area contributed by atoms with Gasteiger partial charge in [-0.3, -0.25) is 19.2 Å². The predicted molar refractivity (Wildman–Crippen MR) is 211 cm³/mol. The average molecular weight is 1560 g/mol. The van der Waals surface area contributed by atoms with Gasteiger partial charge in [0.1, 0.15) is 11.9 Å². The topological polar surface area (TPSA) is 318 Å². The maximum atomic E-state index is 12.4. The Hall–Kier alpha value is -3.10. The van der Waals surface area contributed by atoms with E-state index >= 15 is 0 Å². The number of hydrogen-bond donors (Lipinski definition) is 0. The van der Waals surface area contributed by atoms with Gasteiger partial charge < -0.3 is 79.5 Å². The Morgan fingerprint density at radius 2 is 0.443 bits per heavy atom. The summed E-state index contributed by atoms with van der Waals surface area (Å²) >= 11 is 0. The monoisotopic (exact) mass is 1550 g/mol. The first-order chi connectivity index (χ1) is 37.0. The first-order valence-corrected chi connectivity index (χ1v) is 22.4. The Labute approximate surface area is 525 Å². The van der Waals surface area contributed by atoms with Crippen LogP contribution in [0, 0.1) is 0 Å². The van der Waals surface area contributed by atoms with Gasteiger partial charge in [0.05, 0.1) is 23.1 Å². The van der Waals surface area contributed by atoms with Crippen LogP contribution < -0.4 is 40.9 Å². The van der Waals surface area contributed by atoms with E-state index in [0.29, 0.717) is 0 Å². The number of ether oxygens (including phenoxy) is 2. The molecule has 88 heavy (non-hydrogen) atoms. The molecule has 4 amide bonds. The fraction of sp³-hybridized carbons (Fsp3) is 0.850. The molecule has 2 rings (SSSR count). The van der Waals surface area contributed by atoms with Crippen molar-refractivity contribution in [3.05, 3.63) is 0 Å². The van der Waals surface area contributed by atoms with Gasteiger partial charge in [0.25, 0.3) is 0 Å². The van der Waals surface area contributed by atoms with Gasteiger partial charge in [-0.05, 0) is 92.3 Å². The first kappa shape index (κ1) is 107. The van der Waals surface area contributed by atoms with Crippen LogP contribution >= 0.6 is 0 Å². The van der Waals surface area contributed by atoms with E-state index in [0.717, 1.165) is 78.0 Å². The second-order valence-corrected chi connectivity index (χ2v) is 15.8. The summed E-state index contributed by atoms with van der Waals surface area (Å²) in [4.78, 5) is 63.9. The molecule has 2 fully saturated rings. The van der Waals surface area contributed by atoms with Crippen molar-refractivity contribution in [3.63, 3.8) is 0 Å². The van der Waals surface area contributed by atoms with Gasteiger partial charge in [-0.1, -0.05) is 0 Å².